The van der Waals surface area contributed by atoms with Gasteiger partial charge in [-0.25, -0.2) is 4.39 Å². The molecule has 4 rings (SSSR count). The standard InChI is InChI=1S/C35H34FN3O4S/c1-3-4-22-43-29-18-14-27(15-19-29)37-33(40)24(2)44-30-20-16-28(17-21-30)38-35(42)32(23-26-12-8-9-13-31(26)36)39-34(41)25-10-6-5-7-11-25/h5-21,23-24H,3-4,22H2,1-2H3,(H,37,40)(H,38,42)(H,39,41)/b32-23-. The monoisotopic (exact) mass is 611 g/mol. The molecule has 4 aromatic carbocycles. The molecule has 1 atom stereocenters. The van der Waals surface area contributed by atoms with Gasteiger partial charge in [0, 0.05) is 27.4 Å². The molecular formula is C35H34FN3O4S. The second-order valence-electron chi connectivity index (χ2n) is 9.85. The number of hydrogen-bond donors (Lipinski definition) is 3. The Labute approximate surface area is 260 Å². The fraction of sp³-hybridized carbons (Fsp3) is 0.171. The van der Waals surface area contributed by atoms with E-state index in [9.17, 15) is 18.8 Å². The van der Waals surface area contributed by atoms with Gasteiger partial charge >= 0.3 is 0 Å². The van der Waals surface area contributed by atoms with Gasteiger partial charge in [-0.15, -0.1) is 11.8 Å². The second kappa shape index (κ2) is 16.1. The van der Waals surface area contributed by atoms with Gasteiger partial charge in [0.25, 0.3) is 11.8 Å². The summed E-state index contributed by atoms with van der Waals surface area (Å²) in [7, 11) is 0. The van der Waals surface area contributed by atoms with E-state index in [2.05, 4.69) is 22.9 Å². The summed E-state index contributed by atoms with van der Waals surface area (Å²) >= 11 is 1.37. The fourth-order valence-electron chi connectivity index (χ4n) is 3.98. The number of anilines is 2. The molecule has 7 nitrogen and oxygen atoms in total. The van der Waals surface area contributed by atoms with Crippen molar-refractivity contribution in [3.8, 4) is 5.75 Å². The molecule has 4 aromatic rings. The van der Waals surface area contributed by atoms with Crippen LogP contribution < -0.4 is 20.7 Å². The number of rotatable bonds is 13. The van der Waals surface area contributed by atoms with E-state index in [0.29, 0.717) is 23.5 Å². The lowest BCUT2D eigenvalue weighted by Gasteiger charge is -2.14. The molecule has 0 saturated heterocycles. The zero-order valence-electron chi connectivity index (χ0n) is 24.5. The summed E-state index contributed by atoms with van der Waals surface area (Å²) in [5, 5.41) is 7.88. The van der Waals surface area contributed by atoms with E-state index in [4.69, 9.17) is 4.74 Å². The van der Waals surface area contributed by atoms with Gasteiger partial charge in [0.05, 0.1) is 11.9 Å². The molecular weight excluding hydrogens is 577 g/mol. The third-order valence-electron chi connectivity index (χ3n) is 6.42. The maximum atomic E-state index is 14.4. The van der Waals surface area contributed by atoms with Crippen molar-refractivity contribution in [2.24, 2.45) is 0 Å². The van der Waals surface area contributed by atoms with Gasteiger partial charge < -0.3 is 20.7 Å². The van der Waals surface area contributed by atoms with Crippen LogP contribution in [0.15, 0.2) is 114 Å². The minimum Gasteiger partial charge on any atom is -0.494 e. The van der Waals surface area contributed by atoms with Gasteiger partial charge in [-0.05, 0) is 86.2 Å². The van der Waals surface area contributed by atoms with E-state index >= 15 is 0 Å². The van der Waals surface area contributed by atoms with Crippen LogP contribution in [0.4, 0.5) is 15.8 Å². The molecule has 0 saturated carbocycles. The summed E-state index contributed by atoms with van der Waals surface area (Å²) in [6.07, 6.45) is 3.34. The molecule has 44 heavy (non-hydrogen) atoms. The largest absolute Gasteiger partial charge is 0.494 e. The quantitative estimate of drug-likeness (QED) is 0.0825. The van der Waals surface area contributed by atoms with Crippen molar-refractivity contribution in [2.75, 3.05) is 17.2 Å². The number of carbonyl (C=O) groups is 3. The van der Waals surface area contributed by atoms with E-state index in [-0.39, 0.29) is 22.4 Å². The Morgan fingerprint density at radius 3 is 2.16 bits per heavy atom. The highest BCUT2D eigenvalue weighted by atomic mass is 32.2. The van der Waals surface area contributed by atoms with Crippen molar-refractivity contribution in [3.05, 3.63) is 126 Å². The van der Waals surface area contributed by atoms with Crippen LogP contribution in [0, 0.1) is 5.82 Å². The average Bonchev–Trinajstić information content (AvgIpc) is 3.04. The molecule has 1 unspecified atom stereocenters. The van der Waals surface area contributed by atoms with Crippen molar-refractivity contribution in [2.45, 2.75) is 36.8 Å². The SMILES string of the molecule is CCCCOc1ccc(NC(=O)C(C)Sc2ccc(NC(=O)/C(=C/c3ccccc3F)NC(=O)c3ccccc3)cc2)cc1. The number of thioether (sulfide) groups is 1. The molecule has 0 aliphatic heterocycles. The van der Waals surface area contributed by atoms with Gasteiger partial charge in [0.15, 0.2) is 0 Å². The maximum absolute atomic E-state index is 14.4. The predicted molar refractivity (Wildman–Crippen MR) is 174 cm³/mol. The molecule has 0 bridgehead atoms. The Balaban J connectivity index is 1.37. The van der Waals surface area contributed by atoms with Crippen LogP contribution in [0.5, 0.6) is 5.75 Å². The lowest BCUT2D eigenvalue weighted by Crippen LogP contribution is -2.30. The van der Waals surface area contributed by atoms with Crippen molar-refractivity contribution >= 4 is 46.9 Å². The Morgan fingerprint density at radius 1 is 0.841 bits per heavy atom. The van der Waals surface area contributed by atoms with Crippen LogP contribution in [0.1, 0.15) is 42.6 Å². The van der Waals surface area contributed by atoms with Gasteiger partial charge in [-0.1, -0.05) is 49.7 Å². The van der Waals surface area contributed by atoms with Crippen molar-refractivity contribution in [1.82, 2.24) is 5.32 Å². The molecule has 0 aliphatic rings. The van der Waals surface area contributed by atoms with Crippen LogP contribution in [0.3, 0.4) is 0 Å². The van der Waals surface area contributed by atoms with E-state index in [0.717, 1.165) is 23.5 Å². The maximum Gasteiger partial charge on any atom is 0.272 e. The minimum atomic E-state index is -0.618. The van der Waals surface area contributed by atoms with E-state index in [1.54, 1.807) is 66.7 Å². The third-order valence-corrected chi connectivity index (χ3v) is 7.53. The fourth-order valence-corrected chi connectivity index (χ4v) is 4.84. The lowest BCUT2D eigenvalue weighted by molar-refractivity contribution is -0.115. The smallest absolute Gasteiger partial charge is 0.272 e. The van der Waals surface area contributed by atoms with Crippen LogP contribution >= 0.6 is 11.8 Å². The second-order valence-corrected chi connectivity index (χ2v) is 11.3. The Hall–Kier alpha value is -4.89. The summed E-state index contributed by atoms with van der Waals surface area (Å²) < 4.78 is 20.0. The van der Waals surface area contributed by atoms with Crippen LogP contribution in [-0.4, -0.2) is 29.6 Å². The Kier molecular flexibility index (Phi) is 11.7. The highest BCUT2D eigenvalue weighted by molar-refractivity contribution is 8.00. The first-order chi connectivity index (χ1) is 21.3. The predicted octanol–water partition coefficient (Wildman–Crippen LogP) is 7.53. The number of benzene rings is 4. The molecule has 0 fully saturated rings. The summed E-state index contributed by atoms with van der Waals surface area (Å²) in [5.41, 5.74) is 1.54. The molecule has 0 aromatic heterocycles. The highest BCUT2D eigenvalue weighted by Crippen LogP contribution is 2.26. The first-order valence-corrected chi connectivity index (χ1v) is 15.1. The molecule has 3 amide bonds. The normalized spacial score (nSPS) is 11.8. The van der Waals surface area contributed by atoms with Crippen LogP contribution in [0.2, 0.25) is 0 Å². The minimum absolute atomic E-state index is 0.117. The Bertz CT molecular complexity index is 1590. The zero-order chi connectivity index (χ0) is 31.3. The number of carbonyl (C=O) groups excluding carboxylic acids is 3. The average molecular weight is 612 g/mol. The summed E-state index contributed by atoms with van der Waals surface area (Å²) in [6, 6.07) is 28.7. The highest BCUT2D eigenvalue weighted by Gasteiger charge is 2.17. The molecule has 0 heterocycles. The number of unbranched alkanes of at least 4 members (excludes halogenated alkanes) is 1. The number of nitrogens with one attached hydrogen (secondary N) is 3. The van der Waals surface area contributed by atoms with Gasteiger partial charge in [0.1, 0.15) is 17.3 Å². The van der Waals surface area contributed by atoms with E-state index in [1.165, 1.54) is 30.0 Å². The first kappa shape index (κ1) is 32.0. The van der Waals surface area contributed by atoms with Gasteiger partial charge in [-0.3, -0.25) is 14.4 Å². The molecule has 0 aliphatic carbocycles. The van der Waals surface area contributed by atoms with Crippen LogP contribution in [-0.2, 0) is 9.59 Å². The van der Waals surface area contributed by atoms with E-state index < -0.39 is 17.6 Å². The molecule has 226 valence electrons. The van der Waals surface area contributed by atoms with Crippen molar-refractivity contribution < 1.29 is 23.5 Å². The van der Waals surface area contributed by atoms with Gasteiger partial charge in [-0.2, -0.15) is 0 Å². The van der Waals surface area contributed by atoms with Crippen molar-refractivity contribution in [3.63, 3.8) is 0 Å². The van der Waals surface area contributed by atoms with Crippen LogP contribution in [0.25, 0.3) is 6.08 Å². The molecule has 0 radical (unpaired) electrons. The molecule has 9 heteroatoms. The Morgan fingerprint density at radius 2 is 1.48 bits per heavy atom. The first-order valence-electron chi connectivity index (χ1n) is 14.3. The number of amides is 3. The lowest BCUT2D eigenvalue weighted by atomic mass is 10.1. The van der Waals surface area contributed by atoms with E-state index in [1.807, 2.05) is 31.2 Å². The third kappa shape index (κ3) is 9.57. The number of hydrogen-bond acceptors (Lipinski definition) is 5. The number of halogens is 1. The van der Waals surface area contributed by atoms with Gasteiger partial charge in [0.2, 0.25) is 5.91 Å². The number of ether oxygens (including phenoxy) is 1. The zero-order valence-corrected chi connectivity index (χ0v) is 25.3. The summed E-state index contributed by atoms with van der Waals surface area (Å²) in [4.78, 5) is 39.6. The topological polar surface area (TPSA) is 96.5 Å². The van der Waals surface area contributed by atoms with Crippen molar-refractivity contribution in [1.29, 1.82) is 0 Å². The molecule has 3 N–H and O–H groups in total. The summed E-state index contributed by atoms with van der Waals surface area (Å²) in [6.45, 7) is 4.58. The molecule has 0 spiro atoms. The summed E-state index contributed by atoms with van der Waals surface area (Å²) in [5.74, 6) is -1.03.